The number of nitrogens with one attached hydrogen (secondary N) is 1. The lowest BCUT2D eigenvalue weighted by atomic mass is 10.3. The number of phenols is 1. The SMILES string of the molecule is Oc1ccc(-n2c(-c3ccccn3)n[nH]c2=S)cc1. The van der Waals surface area contributed by atoms with Gasteiger partial charge in [0.25, 0.3) is 0 Å². The van der Waals surface area contributed by atoms with Crippen molar-refractivity contribution in [1.29, 1.82) is 0 Å². The number of aromatic nitrogens is 4. The Morgan fingerprint density at radius 1 is 1.11 bits per heavy atom. The maximum atomic E-state index is 9.34. The van der Waals surface area contributed by atoms with Crippen molar-refractivity contribution in [2.24, 2.45) is 0 Å². The Morgan fingerprint density at radius 3 is 2.58 bits per heavy atom. The Hall–Kier alpha value is -2.47. The maximum absolute atomic E-state index is 9.34. The minimum atomic E-state index is 0.207. The van der Waals surface area contributed by atoms with Gasteiger partial charge in [-0.25, -0.2) is 0 Å². The highest BCUT2D eigenvalue weighted by atomic mass is 32.1. The van der Waals surface area contributed by atoms with Gasteiger partial charge in [0.1, 0.15) is 11.4 Å². The monoisotopic (exact) mass is 270 g/mol. The van der Waals surface area contributed by atoms with Crippen LogP contribution in [0.15, 0.2) is 48.7 Å². The molecule has 0 aliphatic rings. The second-order valence-corrected chi connectivity index (χ2v) is 4.31. The van der Waals surface area contributed by atoms with Gasteiger partial charge in [0, 0.05) is 6.20 Å². The maximum Gasteiger partial charge on any atom is 0.200 e. The van der Waals surface area contributed by atoms with E-state index in [0.29, 0.717) is 10.6 Å². The molecule has 3 aromatic rings. The van der Waals surface area contributed by atoms with E-state index in [1.165, 1.54) is 0 Å². The van der Waals surface area contributed by atoms with Gasteiger partial charge >= 0.3 is 0 Å². The molecule has 0 amide bonds. The fraction of sp³-hybridized carbons (Fsp3) is 0. The zero-order valence-electron chi connectivity index (χ0n) is 9.82. The molecular formula is C13H10N4OS. The Balaban J connectivity index is 2.19. The van der Waals surface area contributed by atoms with Crippen LogP contribution in [0.25, 0.3) is 17.2 Å². The topological polar surface area (TPSA) is 66.7 Å². The molecule has 0 bridgehead atoms. The summed E-state index contributed by atoms with van der Waals surface area (Å²) in [6.45, 7) is 0. The fourth-order valence-corrected chi connectivity index (χ4v) is 2.04. The molecule has 0 saturated heterocycles. The number of benzene rings is 1. The molecule has 0 aliphatic heterocycles. The van der Waals surface area contributed by atoms with Crippen molar-refractivity contribution in [1.82, 2.24) is 19.7 Å². The van der Waals surface area contributed by atoms with Gasteiger partial charge in [-0.05, 0) is 48.6 Å². The molecule has 94 valence electrons. The van der Waals surface area contributed by atoms with Gasteiger partial charge < -0.3 is 5.11 Å². The van der Waals surface area contributed by atoms with E-state index in [9.17, 15) is 5.11 Å². The summed E-state index contributed by atoms with van der Waals surface area (Å²) in [6.07, 6.45) is 1.70. The number of aromatic amines is 1. The van der Waals surface area contributed by atoms with Crippen LogP contribution in [-0.2, 0) is 0 Å². The molecule has 0 spiro atoms. The summed E-state index contributed by atoms with van der Waals surface area (Å²) in [5.74, 6) is 0.842. The molecule has 3 rings (SSSR count). The summed E-state index contributed by atoms with van der Waals surface area (Å²) < 4.78 is 2.25. The Labute approximate surface area is 114 Å². The van der Waals surface area contributed by atoms with Crippen LogP contribution in [0.4, 0.5) is 0 Å². The van der Waals surface area contributed by atoms with Crippen LogP contribution in [-0.4, -0.2) is 24.9 Å². The number of hydrogen-bond donors (Lipinski definition) is 2. The largest absolute Gasteiger partial charge is 0.508 e. The summed E-state index contributed by atoms with van der Waals surface area (Å²) in [4.78, 5) is 4.27. The summed E-state index contributed by atoms with van der Waals surface area (Å²) in [5, 5.41) is 16.3. The molecule has 0 radical (unpaired) electrons. The van der Waals surface area contributed by atoms with Gasteiger partial charge in [0.2, 0.25) is 0 Å². The Bertz CT molecular complexity index is 746. The molecule has 0 saturated carbocycles. The molecule has 2 aromatic heterocycles. The van der Waals surface area contributed by atoms with Gasteiger partial charge in [-0.1, -0.05) is 6.07 Å². The molecule has 19 heavy (non-hydrogen) atoms. The highest BCUT2D eigenvalue weighted by Crippen LogP contribution is 2.20. The van der Waals surface area contributed by atoms with E-state index in [2.05, 4.69) is 15.2 Å². The molecule has 6 heteroatoms. The average Bonchev–Trinajstić information content (AvgIpc) is 2.83. The van der Waals surface area contributed by atoms with Gasteiger partial charge in [-0.15, -0.1) is 0 Å². The second kappa shape index (κ2) is 4.66. The zero-order chi connectivity index (χ0) is 13.2. The minimum absolute atomic E-state index is 0.207. The van der Waals surface area contributed by atoms with Crippen molar-refractivity contribution in [3.8, 4) is 23.0 Å². The first-order chi connectivity index (χ1) is 9.25. The molecule has 2 heterocycles. The smallest absolute Gasteiger partial charge is 0.200 e. The van der Waals surface area contributed by atoms with E-state index >= 15 is 0 Å². The Kier molecular flexibility index (Phi) is 2.85. The molecule has 1 aromatic carbocycles. The zero-order valence-corrected chi connectivity index (χ0v) is 10.6. The number of aromatic hydroxyl groups is 1. The average molecular weight is 270 g/mol. The normalized spacial score (nSPS) is 10.5. The highest BCUT2D eigenvalue weighted by Gasteiger charge is 2.11. The number of hydrogen-bond acceptors (Lipinski definition) is 4. The quantitative estimate of drug-likeness (QED) is 0.703. The van der Waals surface area contributed by atoms with E-state index in [4.69, 9.17) is 12.2 Å². The third kappa shape index (κ3) is 2.13. The summed E-state index contributed by atoms with van der Waals surface area (Å²) in [5.41, 5.74) is 1.54. The van der Waals surface area contributed by atoms with E-state index < -0.39 is 0 Å². The molecule has 5 nitrogen and oxygen atoms in total. The number of H-pyrrole nitrogens is 1. The molecule has 0 unspecified atom stereocenters. The first-order valence-electron chi connectivity index (χ1n) is 5.64. The second-order valence-electron chi connectivity index (χ2n) is 3.92. The van der Waals surface area contributed by atoms with E-state index in [-0.39, 0.29) is 5.75 Å². The lowest BCUT2D eigenvalue weighted by molar-refractivity contribution is 0.475. The van der Waals surface area contributed by atoms with Gasteiger partial charge in [0.05, 0.1) is 5.69 Å². The van der Waals surface area contributed by atoms with Crippen molar-refractivity contribution in [3.05, 3.63) is 53.4 Å². The summed E-state index contributed by atoms with van der Waals surface area (Å²) >= 11 is 5.24. The highest BCUT2D eigenvalue weighted by molar-refractivity contribution is 7.71. The Morgan fingerprint density at radius 2 is 1.89 bits per heavy atom. The van der Waals surface area contributed by atoms with Gasteiger partial charge in [-0.3, -0.25) is 14.6 Å². The molecule has 0 fully saturated rings. The van der Waals surface area contributed by atoms with Crippen LogP contribution in [0.1, 0.15) is 0 Å². The van der Waals surface area contributed by atoms with Gasteiger partial charge in [-0.2, -0.15) is 5.10 Å². The predicted molar refractivity (Wildman–Crippen MR) is 73.6 cm³/mol. The van der Waals surface area contributed by atoms with Crippen LogP contribution in [0, 0.1) is 4.77 Å². The van der Waals surface area contributed by atoms with E-state index in [0.717, 1.165) is 11.4 Å². The standard InChI is InChI=1S/C13H10N4OS/c18-10-6-4-9(5-7-10)17-12(15-16-13(17)19)11-3-1-2-8-14-11/h1-8,18H,(H,16,19). The van der Waals surface area contributed by atoms with Crippen molar-refractivity contribution in [3.63, 3.8) is 0 Å². The van der Waals surface area contributed by atoms with Crippen LogP contribution < -0.4 is 0 Å². The fourth-order valence-electron chi connectivity index (χ4n) is 1.81. The van der Waals surface area contributed by atoms with E-state index in [1.807, 2.05) is 18.2 Å². The number of nitrogens with zero attached hydrogens (tertiary/aromatic N) is 3. The van der Waals surface area contributed by atoms with Crippen molar-refractivity contribution >= 4 is 12.2 Å². The predicted octanol–water partition coefficient (Wildman–Crippen LogP) is 2.70. The first-order valence-corrected chi connectivity index (χ1v) is 6.05. The first kappa shape index (κ1) is 11.6. The summed E-state index contributed by atoms with van der Waals surface area (Å²) in [7, 11) is 0. The molecule has 2 N–H and O–H groups in total. The lowest BCUT2D eigenvalue weighted by Gasteiger charge is -2.06. The third-order valence-electron chi connectivity index (χ3n) is 2.67. The van der Waals surface area contributed by atoms with Crippen LogP contribution in [0.3, 0.4) is 0 Å². The van der Waals surface area contributed by atoms with Gasteiger partial charge in [0.15, 0.2) is 10.6 Å². The number of pyridine rings is 1. The molecule has 0 atom stereocenters. The molecule has 0 aliphatic carbocycles. The van der Waals surface area contributed by atoms with Crippen LogP contribution in [0.5, 0.6) is 5.75 Å². The van der Waals surface area contributed by atoms with Crippen molar-refractivity contribution in [2.45, 2.75) is 0 Å². The lowest BCUT2D eigenvalue weighted by Crippen LogP contribution is -1.98. The van der Waals surface area contributed by atoms with Crippen LogP contribution >= 0.6 is 12.2 Å². The number of rotatable bonds is 2. The van der Waals surface area contributed by atoms with E-state index in [1.54, 1.807) is 35.0 Å². The van der Waals surface area contributed by atoms with Crippen LogP contribution in [0.2, 0.25) is 0 Å². The third-order valence-corrected chi connectivity index (χ3v) is 2.95. The summed E-state index contributed by atoms with van der Waals surface area (Å²) in [6, 6.07) is 12.3. The minimum Gasteiger partial charge on any atom is -0.508 e. The number of phenolic OH excluding ortho intramolecular Hbond substituents is 1. The molecular weight excluding hydrogens is 260 g/mol. The van der Waals surface area contributed by atoms with Crippen molar-refractivity contribution in [2.75, 3.05) is 0 Å². The van der Waals surface area contributed by atoms with Crippen molar-refractivity contribution < 1.29 is 5.11 Å².